The van der Waals surface area contributed by atoms with Gasteiger partial charge in [-0.15, -0.1) is 0 Å². The van der Waals surface area contributed by atoms with Gasteiger partial charge in [-0.05, 0) is 12.8 Å². The van der Waals surface area contributed by atoms with Gasteiger partial charge in [0.25, 0.3) is 10.1 Å². The third kappa shape index (κ3) is 16.8. The number of rotatable bonds is 17. The fourth-order valence-corrected chi connectivity index (χ4v) is 3.33. The lowest BCUT2D eigenvalue weighted by atomic mass is 10.1. The van der Waals surface area contributed by atoms with Gasteiger partial charge in [-0.3, -0.25) is 4.18 Å². The fourth-order valence-electron chi connectivity index (χ4n) is 2.71. The molecule has 0 rings (SSSR count). The Kier molecular flexibility index (Phi) is 15.5. The quantitative estimate of drug-likeness (QED) is 0.227. The van der Waals surface area contributed by atoms with Gasteiger partial charge in [-0.25, -0.2) is 0 Å². The maximum Gasteiger partial charge on any atom is 0.264 e. The summed E-state index contributed by atoms with van der Waals surface area (Å²) in [6.45, 7) is 1.70. The summed E-state index contributed by atoms with van der Waals surface area (Å²) in [5.74, 6) is 0. The predicted octanol–water partition coefficient (Wildman–Crippen LogP) is 3.94. The minimum Gasteiger partial charge on any atom is -0.394 e. The van der Waals surface area contributed by atoms with Gasteiger partial charge >= 0.3 is 0 Å². The van der Waals surface area contributed by atoms with Crippen molar-refractivity contribution < 1.29 is 22.8 Å². The minimum atomic E-state index is -3.69. The molecule has 0 saturated carbocycles. The topological polar surface area (TPSA) is 83.8 Å². The van der Waals surface area contributed by atoms with Gasteiger partial charge in [-0.2, -0.15) is 8.42 Å². The first-order chi connectivity index (χ1) is 11.9. The van der Waals surface area contributed by atoms with Gasteiger partial charge in [0.05, 0.1) is 12.9 Å². The van der Waals surface area contributed by atoms with E-state index in [1.165, 1.54) is 70.3 Å². The van der Waals surface area contributed by atoms with Crippen LogP contribution in [0.15, 0.2) is 12.2 Å². The molecule has 0 fully saturated rings. The summed E-state index contributed by atoms with van der Waals surface area (Å²) >= 11 is 0. The molecule has 5 nitrogen and oxygen atoms in total. The van der Waals surface area contributed by atoms with E-state index in [1.54, 1.807) is 0 Å². The van der Waals surface area contributed by atoms with Crippen LogP contribution in [0, 0.1) is 0 Å². The molecule has 2 atom stereocenters. The van der Waals surface area contributed by atoms with Gasteiger partial charge in [0, 0.05) is 0 Å². The summed E-state index contributed by atoms with van der Waals surface area (Å²) < 4.78 is 26.7. The molecule has 0 aliphatic heterocycles. The molecule has 6 heteroatoms. The largest absolute Gasteiger partial charge is 0.394 e. The Hall–Kier alpha value is -0.430. The fraction of sp³-hybridized carbons (Fsp3) is 0.895. The average Bonchev–Trinajstić information content (AvgIpc) is 2.55. The first-order valence-corrected chi connectivity index (χ1v) is 11.6. The molecule has 0 aliphatic rings. The van der Waals surface area contributed by atoms with Gasteiger partial charge in [0.15, 0.2) is 0 Å². The van der Waals surface area contributed by atoms with Gasteiger partial charge in [-0.1, -0.05) is 83.3 Å². The molecule has 0 aromatic carbocycles. The second-order valence-corrected chi connectivity index (χ2v) is 8.37. The van der Waals surface area contributed by atoms with E-state index < -0.39 is 28.9 Å². The molecule has 0 aromatic rings. The van der Waals surface area contributed by atoms with Crippen LogP contribution in [-0.4, -0.2) is 43.7 Å². The Balaban J connectivity index is 3.59. The standard InChI is InChI=1S/C19H38O5S/c1-3-4-5-6-7-8-9-10-11-12-13-14-15-16-18(21)19(17-20)24-25(2,22)23/h15-16,18-21H,3-14,17H2,1-2H3/b16-15+/t18-,19+/m0/s1. The molecular formula is C19H38O5S. The van der Waals surface area contributed by atoms with Crippen molar-refractivity contribution in [1.29, 1.82) is 0 Å². The van der Waals surface area contributed by atoms with Crippen molar-refractivity contribution in [2.24, 2.45) is 0 Å². The summed E-state index contributed by atoms with van der Waals surface area (Å²) in [5.41, 5.74) is 0. The highest BCUT2D eigenvalue weighted by Crippen LogP contribution is 2.12. The highest BCUT2D eigenvalue weighted by molar-refractivity contribution is 7.86. The smallest absolute Gasteiger partial charge is 0.264 e. The van der Waals surface area contributed by atoms with Crippen molar-refractivity contribution in [3.05, 3.63) is 12.2 Å². The van der Waals surface area contributed by atoms with Crippen LogP contribution in [0.1, 0.15) is 84.0 Å². The molecule has 0 bridgehead atoms. The van der Waals surface area contributed by atoms with Crippen LogP contribution in [0.5, 0.6) is 0 Å². The van der Waals surface area contributed by atoms with E-state index in [4.69, 9.17) is 5.11 Å². The van der Waals surface area contributed by atoms with Crippen LogP contribution in [-0.2, 0) is 14.3 Å². The number of unbranched alkanes of at least 4 members (excludes halogenated alkanes) is 11. The Morgan fingerprint density at radius 3 is 1.84 bits per heavy atom. The third-order valence-corrected chi connectivity index (χ3v) is 4.76. The molecule has 0 radical (unpaired) electrons. The maximum absolute atomic E-state index is 11.0. The predicted molar refractivity (Wildman–Crippen MR) is 103 cm³/mol. The molecule has 25 heavy (non-hydrogen) atoms. The van der Waals surface area contributed by atoms with Crippen LogP contribution in [0.4, 0.5) is 0 Å². The number of allylic oxidation sites excluding steroid dienone is 1. The average molecular weight is 379 g/mol. The van der Waals surface area contributed by atoms with Crippen LogP contribution in [0.25, 0.3) is 0 Å². The van der Waals surface area contributed by atoms with Gasteiger partial charge in [0.2, 0.25) is 0 Å². The molecule has 2 N–H and O–H groups in total. The molecule has 0 amide bonds. The monoisotopic (exact) mass is 378 g/mol. The van der Waals surface area contributed by atoms with Crippen LogP contribution < -0.4 is 0 Å². The zero-order valence-corrected chi connectivity index (χ0v) is 16.8. The first-order valence-electron chi connectivity index (χ1n) is 9.74. The molecule has 0 unspecified atom stereocenters. The minimum absolute atomic E-state index is 0.545. The van der Waals surface area contributed by atoms with Crippen molar-refractivity contribution in [2.45, 2.75) is 96.2 Å². The number of hydrogen-bond donors (Lipinski definition) is 2. The Bertz CT molecular complexity index is 420. The van der Waals surface area contributed by atoms with Gasteiger partial charge in [0.1, 0.15) is 12.2 Å². The highest BCUT2D eigenvalue weighted by Gasteiger charge is 2.21. The summed E-state index contributed by atoms with van der Waals surface area (Å²) in [6, 6.07) is 0. The van der Waals surface area contributed by atoms with Crippen molar-refractivity contribution in [3.63, 3.8) is 0 Å². The molecule has 0 heterocycles. The van der Waals surface area contributed by atoms with E-state index in [2.05, 4.69) is 11.1 Å². The Labute approximate surface area is 154 Å². The molecule has 0 aromatic heterocycles. The van der Waals surface area contributed by atoms with Crippen LogP contribution >= 0.6 is 0 Å². The SMILES string of the molecule is CCCCCCCCCCCCC/C=C/[C@H](O)[C@@H](CO)OS(C)(=O)=O. The molecular weight excluding hydrogens is 340 g/mol. The lowest BCUT2D eigenvalue weighted by molar-refractivity contribution is 0.0308. The summed E-state index contributed by atoms with van der Waals surface area (Å²) in [6.07, 6.45) is 17.0. The lowest BCUT2D eigenvalue weighted by Crippen LogP contribution is -2.32. The Morgan fingerprint density at radius 1 is 0.920 bits per heavy atom. The van der Waals surface area contributed by atoms with Crippen molar-refractivity contribution >= 4 is 10.1 Å². The number of aliphatic hydroxyl groups is 2. The number of aliphatic hydroxyl groups excluding tert-OH is 2. The normalized spacial score (nSPS) is 14.9. The number of hydrogen-bond acceptors (Lipinski definition) is 5. The third-order valence-electron chi connectivity index (χ3n) is 4.17. The van der Waals surface area contributed by atoms with E-state index in [0.29, 0.717) is 0 Å². The van der Waals surface area contributed by atoms with E-state index in [1.807, 2.05) is 6.08 Å². The summed E-state index contributed by atoms with van der Waals surface area (Å²) in [4.78, 5) is 0. The van der Waals surface area contributed by atoms with E-state index in [9.17, 15) is 13.5 Å². The van der Waals surface area contributed by atoms with E-state index in [-0.39, 0.29) is 0 Å². The van der Waals surface area contributed by atoms with E-state index >= 15 is 0 Å². The molecule has 150 valence electrons. The molecule has 0 spiro atoms. The van der Waals surface area contributed by atoms with Crippen LogP contribution in [0.2, 0.25) is 0 Å². The second kappa shape index (κ2) is 15.8. The van der Waals surface area contributed by atoms with Crippen molar-refractivity contribution in [2.75, 3.05) is 12.9 Å². The summed E-state index contributed by atoms with van der Waals surface area (Å²) in [7, 11) is -3.69. The van der Waals surface area contributed by atoms with Crippen molar-refractivity contribution in [1.82, 2.24) is 0 Å². The zero-order valence-electron chi connectivity index (χ0n) is 16.0. The maximum atomic E-state index is 11.0. The highest BCUT2D eigenvalue weighted by atomic mass is 32.2. The lowest BCUT2D eigenvalue weighted by Gasteiger charge is -2.16. The Morgan fingerprint density at radius 2 is 1.40 bits per heavy atom. The van der Waals surface area contributed by atoms with Gasteiger partial charge < -0.3 is 10.2 Å². The van der Waals surface area contributed by atoms with Crippen LogP contribution in [0.3, 0.4) is 0 Å². The summed E-state index contributed by atoms with van der Waals surface area (Å²) in [5, 5.41) is 18.9. The molecule has 0 aliphatic carbocycles. The molecule has 0 saturated heterocycles. The first kappa shape index (κ1) is 24.6. The van der Waals surface area contributed by atoms with E-state index in [0.717, 1.165) is 19.1 Å². The second-order valence-electron chi connectivity index (χ2n) is 6.76. The van der Waals surface area contributed by atoms with Crippen molar-refractivity contribution in [3.8, 4) is 0 Å². The zero-order chi connectivity index (χ0) is 19.0.